The number of amides is 1. The Balaban J connectivity index is 2.65. The second kappa shape index (κ2) is 9.10. The summed E-state index contributed by atoms with van der Waals surface area (Å²) < 4.78 is 4.95. The monoisotopic (exact) mass is 314 g/mol. The molecule has 0 saturated carbocycles. The van der Waals surface area contributed by atoms with Crippen molar-refractivity contribution >= 4 is 11.9 Å². The fourth-order valence-electron chi connectivity index (χ4n) is 2.19. The van der Waals surface area contributed by atoms with Gasteiger partial charge in [-0.15, -0.1) is 0 Å². The highest BCUT2D eigenvalue weighted by Crippen LogP contribution is 2.18. The molecular formula is C16H30N2O4. The average Bonchev–Trinajstić information content (AvgIpc) is 2.90. The summed E-state index contributed by atoms with van der Waals surface area (Å²) >= 11 is 0. The fourth-order valence-corrected chi connectivity index (χ4v) is 2.19. The van der Waals surface area contributed by atoms with Crippen molar-refractivity contribution in [1.82, 2.24) is 5.06 Å². The molecule has 6 heteroatoms. The first kappa shape index (κ1) is 18.9. The lowest BCUT2D eigenvalue weighted by Gasteiger charge is -2.28. The Bertz CT molecular complexity index is 373. The Morgan fingerprint density at radius 2 is 2.14 bits per heavy atom. The number of nitrogens with zero attached hydrogens (tertiary/aromatic N) is 1. The lowest BCUT2D eigenvalue weighted by molar-refractivity contribution is -0.205. The second-order valence-electron chi connectivity index (χ2n) is 6.47. The van der Waals surface area contributed by atoms with Gasteiger partial charge in [0, 0.05) is 18.9 Å². The average molecular weight is 314 g/mol. The lowest BCUT2D eigenvalue weighted by Crippen LogP contribution is -2.46. The number of ether oxygens (including phenoxy) is 1. The molecule has 0 aromatic carbocycles. The summed E-state index contributed by atoms with van der Waals surface area (Å²) in [5.41, 5.74) is 6.05. The summed E-state index contributed by atoms with van der Waals surface area (Å²) in [6, 6.07) is -0.799. The first-order chi connectivity index (χ1) is 10.4. The van der Waals surface area contributed by atoms with Gasteiger partial charge in [0.2, 0.25) is 5.91 Å². The van der Waals surface area contributed by atoms with Crippen LogP contribution in [0.25, 0.3) is 0 Å². The molecule has 0 radical (unpaired) electrons. The molecule has 1 unspecified atom stereocenters. The molecule has 3 atom stereocenters. The SMILES string of the molecule is CC[C@H](C)C(N)CON(C(=O)CCC(C)C)[C@H]1CCOC1=O. The molecule has 1 heterocycles. The zero-order chi connectivity index (χ0) is 16.7. The number of hydrogen-bond donors (Lipinski definition) is 1. The summed E-state index contributed by atoms with van der Waals surface area (Å²) in [5, 5.41) is 1.21. The number of hydrogen-bond acceptors (Lipinski definition) is 5. The van der Waals surface area contributed by atoms with Crippen LogP contribution in [0, 0.1) is 11.8 Å². The molecule has 0 spiro atoms. The normalized spacial score (nSPS) is 20.8. The van der Waals surface area contributed by atoms with Crippen LogP contribution >= 0.6 is 0 Å². The van der Waals surface area contributed by atoms with Gasteiger partial charge in [-0.25, -0.2) is 9.86 Å². The number of esters is 1. The maximum Gasteiger partial charge on any atom is 0.331 e. The molecule has 1 amide bonds. The van der Waals surface area contributed by atoms with Crippen LogP contribution in [0.1, 0.15) is 53.4 Å². The third-order valence-electron chi connectivity index (χ3n) is 4.15. The molecule has 1 saturated heterocycles. The summed E-state index contributed by atoms with van der Waals surface area (Å²) in [5.74, 6) is 0.149. The maximum absolute atomic E-state index is 12.4. The second-order valence-corrected chi connectivity index (χ2v) is 6.47. The van der Waals surface area contributed by atoms with Gasteiger partial charge in [0.1, 0.15) is 0 Å². The van der Waals surface area contributed by atoms with E-state index in [0.717, 1.165) is 12.8 Å². The topological polar surface area (TPSA) is 81.9 Å². The fraction of sp³-hybridized carbons (Fsp3) is 0.875. The van der Waals surface area contributed by atoms with Crippen LogP contribution in [0.2, 0.25) is 0 Å². The van der Waals surface area contributed by atoms with Crippen molar-refractivity contribution in [3.63, 3.8) is 0 Å². The van der Waals surface area contributed by atoms with Crippen LogP contribution in [0.15, 0.2) is 0 Å². The highest BCUT2D eigenvalue weighted by atomic mass is 16.7. The van der Waals surface area contributed by atoms with Crippen LogP contribution < -0.4 is 5.73 Å². The lowest BCUT2D eigenvalue weighted by atomic mass is 10.0. The molecule has 1 aliphatic heterocycles. The smallest absolute Gasteiger partial charge is 0.331 e. The zero-order valence-electron chi connectivity index (χ0n) is 14.2. The number of hydroxylamine groups is 2. The standard InChI is InChI=1S/C16H30N2O4/c1-5-12(4)13(17)10-22-18(14-8-9-21-16(14)20)15(19)7-6-11(2)3/h11-14H,5-10,17H2,1-4H3/t12-,13?,14-/m0/s1. The van der Waals surface area contributed by atoms with E-state index in [1.54, 1.807) is 0 Å². The van der Waals surface area contributed by atoms with Crippen LogP contribution in [-0.4, -0.2) is 42.2 Å². The Labute approximate surface area is 133 Å². The van der Waals surface area contributed by atoms with Gasteiger partial charge >= 0.3 is 5.97 Å². The first-order valence-corrected chi connectivity index (χ1v) is 8.24. The zero-order valence-corrected chi connectivity index (χ0v) is 14.2. The number of cyclic esters (lactones) is 1. The number of nitrogens with two attached hydrogens (primary N) is 1. The van der Waals surface area contributed by atoms with E-state index in [9.17, 15) is 9.59 Å². The molecule has 128 valence electrons. The van der Waals surface area contributed by atoms with Crippen molar-refractivity contribution in [1.29, 1.82) is 0 Å². The molecule has 1 aliphatic rings. The van der Waals surface area contributed by atoms with E-state index in [1.165, 1.54) is 5.06 Å². The highest BCUT2D eigenvalue weighted by Gasteiger charge is 2.36. The summed E-state index contributed by atoms with van der Waals surface area (Å²) in [6.45, 7) is 8.78. The third kappa shape index (κ3) is 5.57. The Morgan fingerprint density at radius 1 is 1.45 bits per heavy atom. The molecule has 2 N–H and O–H groups in total. The molecule has 22 heavy (non-hydrogen) atoms. The van der Waals surface area contributed by atoms with Crippen LogP contribution in [0.5, 0.6) is 0 Å². The number of carbonyl (C=O) groups excluding carboxylic acids is 2. The molecule has 1 fully saturated rings. The predicted molar refractivity (Wildman–Crippen MR) is 83.7 cm³/mol. The minimum atomic E-state index is -0.635. The Hall–Kier alpha value is -1.14. The Morgan fingerprint density at radius 3 is 2.64 bits per heavy atom. The maximum atomic E-state index is 12.4. The van der Waals surface area contributed by atoms with Crippen LogP contribution in [-0.2, 0) is 19.2 Å². The summed E-state index contributed by atoms with van der Waals surface area (Å²) in [6.07, 6.45) is 2.54. The van der Waals surface area contributed by atoms with E-state index in [4.69, 9.17) is 15.3 Å². The van der Waals surface area contributed by atoms with Crippen molar-refractivity contribution in [2.45, 2.75) is 65.5 Å². The number of rotatable bonds is 9. The van der Waals surface area contributed by atoms with E-state index in [0.29, 0.717) is 31.3 Å². The van der Waals surface area contributed by atoms with Gasteiger partial charge in [-0.05, 0) is 18.3 Å². The first-order valence-electron chi connectivity index (χ1n) is 8.24. The molecular weight excluding hydrogens is 284 g/mol. The minimum absolute atomic E-state index is 0.164. The molecule has 0 bridgehead atoms. The molecule has 0 aliphatic carbocycles. The van der Waals surface area contributed by atoms with E-state index >= 15 is 0 Å². The third-order valence-corrected chi connectivity index (χ3v) is 4.15. The number of carbonyl (C=O) groups is 2. The van der Waals surface area contributed by atoms with Crippen molar-refractivity contribution in [3.05, 3.63) is 0 Å². The largest absolute Gasteiger partial charge is 0.464 e. The van der Waals surface area contributed by atoms with E-state index in [1.807, 2.05) is 6.92 Å². The molecule has 0 aromatic heterocycles. The molecule has 1 rings (SSSR count). The van der Waals surface area contributed by atoms with Gasteiger partial charge in [0.05, 0.1) is 13.2 Å². The van der Waals surface area contributed by atoms with Crippen molar-refractivity contribution in [2.24, 2.45) is 17.6 Å². The van der Waals surface area contributed by atoms with Crippen molar-refractivity contribution < 1.29 is 19.2 Å². The van der Waals surface area contributed by atoms with Gasteiger partial charge in [0.25, 0.3) is 0 Å². The van der Waals surface area contributed by atoms with Gasteiger partial charge < -0.3 is 10.5 Å². The van der Waals surface area contributed by atoms with Crippen LogP contribution in [0.3, 0.4) is 0 Å². The van der Waals surface area contributed by atoms with Crippen molar-refractivity contribution in [3.8, 4) is 0 Å². The Kier molecular flexibility index (Phi) is 7.82. The highest BCUT2D eigenvalue weighted by molar-refractivity contribution is 5.84. The summed E-state index contributed by atoms with van der Waals surface area (Å²) in [4.78, 5) is 29.8. The minimum Gasteiger partial charge on any atom is -0.464 e. The van der Waals surface area contributed by atoms with E-state index < -0.39 is 12.0 Å². The quantitative estimate of drug-likeness (QED) is 0.519. The molecule has 0 aromatic rings. The van der Waals surface area contributed by atoms with E-state index in [-0.39, 0.29) is 18.6 Å². The van der Waals surface area contributed by atoms with Crippen LogP contribution in [0.4, 0.5) is 0 Å². The van der Waals surface area contributed by atoms with E-state index in [2.05, 4.69) is 20.8 Å². The predicted octanol–water partition coefficient (Wildman–Crippen LogP) is 1.87. The summed E-state index contributed by atoms with van der Waals surface area (Å²) in [7, 11) is 0. The van der Waals surface area contributed by atoms with Crippen molar-refractivity contribution in [2.75, 3.05) is 13.2 Å². The van der Waals surface area contributed by atoms with Gasteiger partial charge in [-0.1, -0.05) is 34.1 Å². The van der Waals surface area contributed by atoms with Gasteiger partial charge in [0.15, 0.2) is 6.04 Å². The van der Waals surface area contributed by atoms with Gasteiger partial charge in [-0.2, -0.15) is 0 Å². The van der Waals surface area contributed by atoms with Gasteiger partial charge in [-0.3, -0.25) is 9.63 Å². The molecule has 6 nitrogen and oxygen atoms in total.